The van der Waals surface area contributed by atoms with E-state index < -0.39 is 16.6 Å². The molecule has 0 saturated carbocycles. The second-order valence-corrected chi connectivity index (χ2v) is 8.40. The second kappa shape index (κ2) is 11.5. The van der Waals surface area contributed by atoms with Gasteiger partial charge in [0.05, 0.1) is 41.2 Å². The van der Waals surface area contributed by atoms with Gasteiger partial charge in [-0.1, -0.05) is 24.3 Å². The summed E-state index contributed by atoms with van der Waals surface area (Å²) in [5.74, 6) is -1.03. The number of nitro benzene ring substituents is 1. The molecule has 0 radical (unpaired) electrons. The Morgan fingerprint density at radius 2 is 1.68 bits per heavy atom. The minimum Gasteiger partial charge on any atom is -0.495 e. The van der Waals surface area contributed by atoms with Crippen molar-refractivity contribution >= 4 is 34.6 Å². The van der Waals surface area contributed by atoms with Crippen molar-refractivity contribution in [3.05, 3.63) is 88.2 Å². The third-order valence-corrected chi connectivity index (χ3v) is 6.02. The largest absolute Gasteiger partial charge is 0.495 e. The number of amides is 2. The summed E-state index contributed by atoms with van der Waals surface area (Å²) in [4.78, 5) is 40.5. The van der Waals surface area contributed by atoms with E-state index in [9.17, 15) is 24.1 Å². The minimum absolute atomic E-state index is 0.0745. The molecule has 11 heteroatoms. The molecule has 1 fully saturated rings. The van der Waals surface area contributed by atoms with E-state index in [1.807, 2.05) is 29.2 Å². The highest BCUT2D eigenvalue weighted by atomic mass is 19.1. The predicted molar refractivity (Wildman–Crippen MR) is 138 cm³/mol. The van der Waals surface area contributed by atoms with Crippen molar-refractivity contribution in [3.8, 4) is 5.75 Å². The summed E-state index contributed by atoms with van der Waals surface area (Å²) in [6.45, 7) is 2.73. The van der Waals surface area contributed by atoms with Crippen molar-refractivity contribution in [1.82, 2.24) is 4.90 Å². The number of carbonyl (C=O) groups excluding carboxylic acids is 2. The van der Waals surface area contributed by atoms with Gasteiger partial charge in [-0.25, -0.2) is 4.39 Å². The number of non-ortho nitro benzene ring substituents is 1. The molecule has 1 aliphatic rings. The highest BCUT2D eigenvalue weighted by molar-refractivity contribution is 6.10. The van der Waals surface area contributed by atoms with E-state index >= 15 is 0 Å². The quantitative estimate of drug-likeness (QED) is 0.352. The van der Waals surface area contributed by atoms with Gasteiger partial charge in [-0.3, -0.25) is 24.6 Å². The molecule has 0 spiro atoms. The molecule has 192 valence electrons. The number of ether oxygens (including phenoxy) is 1. The first-order valence-corrected chi connectivity index (χ1v) is 11.6. The van der Waals surface area contributed by atoms with Crippen LogP contribution in [0, 0.1) is 15.9 Å². The lowest BCUT2D eigenvalue weighted by atomic mass is 10.1. The zero-order chi connectivity index (χ0) is 26.4. The maximum absolute atomic E-state index is 14.0. The summed E-state index contributed by atoms with van der Waals surface area (Å²) in [5, 5.41) is 16.3. The van der Waals surface area contributed by atoms with Gasteiger partial charge >= 0.3 is 0 Å². The number of hydrogen-bond acceptors (Lipinski definition) is 7. The molecule has 3 aromatic rings. The van der Waals surface area contributed by atoms with E-state index in [4.69, 9.17) is 4.74 Å². The normalized spacial score (nSPS) is 13.6. The number of benzene rings is 3. The van der Waals surface area contributed by atoms with Gasteiger partial charge in [0.25, 0.3) is 11.6 Å². The van der Waals surface area contributed by atoms with E-state index in [-0.39, 0.29) is 35.1 Å². The summed E-state index contributed by atoms with van der Waals surface area (Å²) in [6.07, 6.45) is 0. The van der Waals surface area contributed by atoms with Crippen LogP contribution in [-0.2, 0) is 4.79 Å². The maximum atomic E-state index is 14.0. The third kappa shape index (κ3) is 6.19. The first-order chi connectivity index (χ1) is 17.9. The van der Waals surface area contributed by atoms with Crippen molar-refractivity contribution in [1.29, 1.82) is 0 Å². The zero-order valence-electron chi connectivity index (χ0n) is 20.1. The molecule has 37 heavy (non-hydrogen) atoms. The first-order valence-electron chi connectivity index (χ1n) is 11.6. The van der Waals surface area contributed by atoms with Crippen LogP contribution in [-0.4, -0.2) is 61.5 Å². The van der Waals surface area contributed by atoms with Crippen LogP contribution < -0.4 is 20.3 Å². The highest BCUT2D eigenvalue weighted by Gasteiger charge is 2.23. The molecule has 0 aromatic heterocycles. The fourth-order valence-corrected chi connectivity index (χ4v) is 4.13. The van der Waals surface area contributed by atoms with Gasteiger partial charge in [0.1, 0.15) is 11.6 Å². The number of nitrogens with one attached hydrogen (secondary N) is 2. The van der Waals surface area contributed by atoms with Crippen LogP contribution in [0.4, 0.5) is 27.1 Å². The molecule has 10 nitrogen and oxygen atoms in total. The number of nitro groups is 1. The molecule has 4 rings (SSSR count). The van der Waals surface area contributed by atoms with E-state index in [1.165, 1.54) is 30.3 Å². The van der Waals surface area contributed by atoms with Crippen molar-refractivity contribution in [2.75, 3.05) is 55.4 Å². The van der Waals surface area contributed by atoms with E-state index in [0.29, 0.717) is 26.2 Å². The van der Waals surface area contributed by atoms with Crippen LogP contribution in [0.2, 0.25) is 0 Å². The number of halogens is 1. The number of rotatable bonds is 8. The molecule has 0 bridgehead atoms. The molecule has 1 heterocycles. The van der Waals surface area contributed by atoms with Crippen LogP contribution >= 0.6 is 0 Å². The molecule has 1 saturated heterocycles. The van der Waals surface area contributed by atoms with Gasteiger partial charge in [0, 0.05) is 38.3 Å². The molecule has 2 amide bonds. The van der Waals surface area contributed by atoms with Gasteiger partial charge in [-0.05, 0) is 30.3 Å². The molecule has 0 aliphatic carbocycles. The van der Waals surface area contributed by atoms with Crippen LogP contribution in [0.3, 0.4) is 0 Å². The standard InChI is InChI=1S/C26H26FN5O5/c1-37-24-9-5-4-8-23(24)31-14-12-30(13-15-31)17-25(33)28-21-11-10-18(32(35)36)16-19(21)26(34)29-22-7-3-2-6-20(22)27/h2-11,16H,12-15,17H2,1H3,(H,28,33)(H,29,34). The summed E-state index contributed by atoms with van der Waals surface area (Å²) < 4.78 is 19.5. The topological polar surface area (TPSA) is 117 Å². The molecule has 0 atom stereocenters. The molecule has 1 aliphatic heterocycles. The van der Waals surface area contributed by atoms with Gasteiger partial charge in [-0.2, -0.15) is 0 Å². The Balaban J connectivity index is 1.42. The average Bonchev–Trinajstić information content (AvgIpc) is 2.90. The average molecular weight is 508 g/mol. The molecular formula is C26H26FN5O5. The van der Waals surface area contributed by atoms with E-state index in [2.05, 4.69) is 15.5 Å². The summed E-state index contributed by atoms with van der Waals surface area (Å²) >= 11 is 0. The van der Waals surface area contributed by atoms with Crippen molar-refractivity contribution in [3.63, 3.8) is 0 Å². The van der Waals surface area contributed by atoms with Crippen LogP contribution in [0.5, 0.6) is 5.75 Å². The lowest BCUT2D eigenvalue weighted by Gasteiger charge is -2.36. The number of methoxy groups -OCH3 is 1. The Bertz CT molecular complexity index is 1310. The number of piperazine rings is 1. The molecule has 3 aromatic carbocycles. The lowest BCUT2D eigenvalue weighted by molar-refractivity contribution is -0.384. The monoisotopic (exact) mass is 507 g/mol. The lowest BCUT2D eigenvalue weighted by Crippen LogP contribution is -2.48. The fraction of sp³-hybridized carbons (Fsp3) is 0.231. The number of hydrogen-bond donors (Lipinski definition) is 2. The van der Waals surface area contributed by atoms with Gasteiger partial charge in [-0.15, -0.1) is 0 Å². The third-order valence-electron chi connectivity index (χ3n) is 6.02. The molecule has 0 unspecified atom stereocenters. The van der Waals surface area contributed by atoms with Gasteiger partial charge < -0.3 is 20.3 Å². The van der Waals surface area contributed by atoms with E-state index in [0.717, 1.165) is 17.5 Å². The Morgan fingerprint density at radius 3 is 2.38 bits per heavy atom. The summed E-state index contributed by atoms with van der Waals surface area (Å²) in [5.41, 5.74) is 0.530. The van der Waals surface area contributed by atoms with Crippen LogP contribution in [0.1, 0.15) is 10.4 Å². The number of nitrogens with zero attached hydrogens (tertiary/aromatic N) is 3. The van der Waals surface area contributed by atoms with Crippen molar-refractivity contribution < 1.29 is 23.6 Å². The predicted octanol–water partition coefficient (Wildman–Crippen LogP) is 3.76. The highest BCUT2D eigenvalue weighted by Crippen LogP contribution is 2.28. The number of anilines is 3. The summed E-state index contributed by atoms with van der Waals surface area (Å²) in [7, 11) is 1.63. The zero-order valence-corrected chi connectivity index (χ0v) is 20.1. The second-order valence-electron chi connectivity index (χ2n) is 8.40. The summed E-state index contributed by atoms with van der Waals surface area (Å²) in [6, 6.07) is 16.9. The fourth-order valence-electron chi connectivity index (χ4n) is 4.13. The van der Waals surface area contributed by atoms with Gasteiger partial charge in [0.15, 0.2) is 0 Å². The van der Waals surface area contributed by atoms with E-state index in [1.54, 1.807) is 13.2 Å². The first kappa shape index (κ1) is 25.6. The Kier molecular flexibility index (Phi) is 7.94. The van der Waals surface area contributed by atoms with Crippen LogP contribution in [0.15, 0.2) is 66.7 Å². The molecular weight excluding hydrogens is 481 g/mol. The Labute approximate surface area is 212 Å². The number of carbonyl (C=O) groups is 2. The maximum Gasteiger partial charge on any atom is 0.270 e. The smallest absolute Gasteiger partial charge is 0.270 e. The molecule has 2 N–H and O–H groups in total. The Hall–Kier alpha value is -4.51. The van der Waals surface area contributed by atoms with Crippen molar-refractivity contribution in [2.45, 2.75) is 0 Å². The minimum atomic E-state index is -0.783. The van der Waals surface area contributed by atoms with Crippen LogP contribution in [0.25, 0.3) is 0 Å². The SMILES string of the molecule is COc1ccccc1N1CCN(CC(=O)Nc2ccc([N+](=O)[O-])cc2C(=O)Nc2ccccc2F)CC1. The Morgan fingerprint density at radius 1 is 0.973 bits per heavy atom. The number of para-hydroxylation sites is 3. The van der Waals surface area contributed by atoms with Crippen molar-refractivity contribution in [2.24, 2.45) is 0 Å². The van der Waals surface area contributed by atoms with Gasteiger partial charge in [0.2, 0.25) is 5.91 Å².